The number of sulfonamides is 1. The minimum Gasteiger partial charge on any atom is -0.495 e. The summed E-state index contributed by atoms with van der Waals surface area (Å²) in [4.78, 5) is 0.0890. The van der Waals surface area contributed by atoms with Crippen molar-refractivity contribution >= 4 is 44.4 Å². The van der Waals surface area contributed by atoms with Crippen LogP contribution < -0.4 is 19.7 Å². The Morgan fingerprint density at radius 2 is 1.71 bits per heavy atom. The topological polar surface area (TPSA) is 70.7 Å². The zero-order valence-corrected chi connectivity index (χ0v) is 18.6. The van der Waals surface area contributed by atoms with E-state index in [2.05, 4.69) is 10.6 Å². The molecule has 0 amide bonds. The van der Waals surface area contributed by atoms with Gasteiger partial charge in [0.05, 0.1) is 23.4 Å². The Labute approximate surface area is 186 Å². The van der Waals surface area contributed by atoms with E-state index in [4.69, 9.17) is 17.0 Å². The molecule has 0 saturated heterocycles. The van der Waals surface area contributed by atoms with Gasteiger partial charge >= 0.3 is 0 Å². The van der Waals surface area contributed by atoms with Crippen molar-refractivity contribution in [2.24, 2.45) is 0 Å². The molecule has 0 spiro atoms. The molecule has 0 saturated carbocycles. The summed E-state index contributed by atoms with van der Waals surface area (Å²) in [5.74, 6) is 0.0628. The molecular weight excluding hydrogens is 437 g/mol. The Balaban J connectivity index is 1.88. The fraction of sp³-hybridized carbons (Fsp3) is 0.136. The Morgan fingerprint density at radius 3 is 2.32 bits per heavy atom. The monoisotopic (exact) mass is 459 g/mol. The quantitative estimate of drug-likeness (QED) is 0.492. The highest BCUT2D eigenvalue weighted by Crippen LogP contribution is 2.31. The van der Waals surface area contributed by atoms with Crippen molar-refractivity contribution in [1.29, 1.82) is 0 Å². The standard InChI is InChI=1S/C22H22FN3O3S2/c1-3-26(18-7-5-4-6-8-18)31(27,28)19-13-14-21(29-2)20(15-19)25-22(30)24-17-11-9-16(23)10-12-17/h4-15H,3H2,1-2H3,(H2,24,25,30). The lowest BCUT2D eigenvalue weighted by Crippen LogP contribution is -2.30. The van der Waals surface area contributed by atoms with Gasteiger partial charge in [-0.3, -0.25) is 4.31 Å². The van der Waals surface area contributed by atoms with Crippen LogP contribution in [0.25, 0.3) is 0 Å². The number of anilines is 3. The van der Waals surface area contributed by atoms with Gasteiger partial charge in [-0.15, -0.1) is 0 Å². The number of nitrogens with zero attached hydrogens (tertiary/aromatic N) is 1. The average Bonchev–Trinajstić information content (AvgIpc) is 2.76. The molecule has 0 aliphatic heterocycles. The first-order valence-corrected chi connectivity index (χ1v) is 11.3. The molecule has 31 heavy (non-hydrogen) atoms. The lowest BCUT2D eigenvalue weighted by atomic mass is 10.3. The van der Waals surface area contributed by atoms with Gasteiger partial charge in [0.1, 0.15) is 11.6 Å². The molecule has 2 N–H and O–H groups in total. The van der Waals surface area contributed by atoms with E-state index >= 15 is 0 Å². The van der Waals surface area contributed by atoms with Crippen molar-refractivity contribution in [2.45, 2.75) is 11.8 Å². The minimum atomic E-state index is -3.82. The van der Waals surface area contributed by atoms with Crippen molar-refractivity contribution < 1.29 is 17.5 Å². The van der Waals surface area contributed by atoms with Crippen LogP contribution in [-0.2, 0) is 10.0 Å². The third-order valence-electron chi connectivity index (χ3n) is 4.44. The maximum Gasteiger partial charge on any atom is 0.264 e. The van der Waals surface area contributed by atoms with Crippen molar-refractivity contribution in [1.82, 2.24) is 0 Å². The van der Waals surface area contributed by atoms with Gasteiger partial charge in [0.25, 0.3) is 10.0 Å². The number of halogens is 1. The summed E-state index contributed by atoms with van der Waals surface area (Å²) in [6, 6.07) is 19.1. The first-order valence-electron chi connectivity index (χ1n) is 9.44. The fourth-order valence-corrected chi connectivity index (χ4v) is 4.70. The molecule has 0 unspecified atom stereocenters. The highest BCUT2D eigenvalue weighted by Gasteiger charge is 2.24. The minimum absolute atomic E-state index is 0.0890. The molecule has 3 aromatic rings. The van der Waals surface area contributed by atoms with Crippen LogP contribution in [0.1, 0.15) is 6.92 Å². The van der Waals surface area contributed by atoms with Crippen molar-refractivity contribution in [3.05, 3.63) is 78.6 Å². The van der Waals surface area contributed by atoms with E-state index in [0.717, 1.165) is 0 Å². The Morgan fingerprint density at radius 1 is 1.03 bits per heavy atom. The van der Waals surface area contributed by atoms with Crippen molar-refractivity contribution in [2.75, 3.05) is 28.6 Å². The first kappa shape index (κ1) is 22.5. The summed E-state index contributed by atoms with van der Waals surface area (Å²) in [7, 11) is -2.34. The summed E-state index contributed by atoms with van der Waals surface area (Å²) >= 11 is 5.31. The molecule has 0 atom stereocenters. The Kier molecular flexibility index (Phi) is 7.09. The fourth-order valence-electron chi connectivity index (χ4n) is 2.98. The summed E-state index contributed by atoms with van der Waals surface area (Å²) in [6.07, 6.45) is 0. The highest BCUT2D eigenvalue weighted by atomic mass is 32.2. The summed E-state index contributed by atoms with van der Waals surface area (Å²) < 4.78 is 46.4. The summed E-state index contributed by atoms with van der Waals surface area (Å²) in [5, 5.41) is 6.08. The third kappa shape index (κ3) is 5.31. The lowest BCUT2D eigenvalue weighted by Gasteiger charge is -2.23. The number of ether oxygens (including phenoxy) is 1. The van der Waals surface area contributed by atoms with E-state index < -0.39 is 10.0 Å². The summed E-state index contributed by atoms with van der Waals surface area (Å²) in [6.45, 7) is 2.04. The molecule has 0 heterocycles. The molecule has 0 aliphatic carbocycles. The van der Waals surface area contributed by atoms with Gasteiger partial charge in [0.2, 0.25) is 0 Å². The molecule has 0 bridgehead atoms. The molecule has 9 heteroatoms. The number of nitrogens with one attached hydrogen (secondary N) is 2. The third-order valence-corrected chi connectivity index (χ3v) is 6.54. The maximum atomic E-state index is 13.3. The van der Waals surface area contributed by atoms with Crippen LogP contribution in [0.2, 0.25) is 0 Å². The second kappa shape index (κ2) is 9.76. The number of methoxy groups -OCH3 is 1. The maximum absolute atomic E-state index is 13.3. The van der Waals surface area contributed by atoms with Gasteiger partial charge in [-0.1, -0.05) is 18.2 Å². The van der Waals surface area contributed by atoms with E-state index in [0.29, 0.717) is 22.8 Å². The van der Waals surface area contributed by atoms with Crippen LogP contribution in [0.3, 0.4) is 0 Å². The predicted molar refractivity (Wildman–Crippen MR) is 126 cm³/mol. The van der Waals surface area contributed by atoms with Crippen LogP contribution in [0.4, 0.5) is 21.5 Å². The van der Waals surface area contributed by atoms with E-state index in [1.807, 2.05) is 6.07 Å². The van der Waals surface area contributed by atoms with E-state index in [1.54, 1.807) is 49.4 Å². The second-order valence-electron chi connectivity index (χ2n) is 6.45. The molecule has 0 radical (unpaired) electrons. The van der Waals surface area contributed by atoms with Crippen LogP contribution in [0, 0.1) is 5.82 Å². The van der Waals surface area contributed by atoms with Crippen molar-refractivity contribution in [3.8, 4) is 5.75 Å². The molecule has 162 valence electrons. The number of rotatable bonds is 7. The van der Waals surface area contributed by atoms with Gasteiger partial charge in [-0.25, -0.2) is 12.8 Å². The van der Waals surface area contributed by atoms with Gasteiger partial charge in [0.15, 0.2) is 5.11 Å². The SMILES string of the molecule is CCN(c1ccccc1)S(=O)(=O)c1ccc(OC)c(NC(=S)Nc2ccc(F)cc2)c1. The van der Waals surface area contributed by atoms with Crippen LogP contribution >= 0.6 is 12.2 Å². The molecular formula is C22H22FN3O3S2. The molecule has 0 fully saturated rings. The summed E-state index contributed by atoms with van der Waals surface area (Å²) in [5.41, 5.74) is 1.54. The zero-order chi connectivity index (χ0) is 22.4. The molecule has 6 nitrogen and oxygen atoms in total. The Bertz CT molecular complexity index is 1150. The van der Waals surface area contributed by atoms with Gasteiger partial charge in [0, 0.05) is 12.2 Å². The molecule has 0 aromatic heterocycles. The highest BCUT2D eigenvalue weighted by molar-refractivity contribution is 7.92. The molecule has 0 aliphatic rings. The van der Waals surface area contributed by atoms with E-state index in [1.165, 1.54) is 35.7 Å². The van der Waals surface area contributed by atoms with E-state index in [9.17, 15) is 12.8 Å². The van der Waals surface area contributed by atoms with Gasteiger partial charge in [-0.2, -0.15) is 0 Å². The van der Waals surface area contributed by atoms with E-state index in [-0.39, 0.29) is 22.4 Å². The molecule has 3 aromatic carbocycles. The number of hydrogen-bond donors (Lipinski definition) is 2. The average molecular weight is 460 g/mol. The van der Waals surface area contributed by atoms with Crippen molar-refractivity contribution in [3.63, 3.8) is 0 Å². The largest absolute Gasteiger partial charge is 0.495 e. The zero-order valence-electron chi connectivity index (χ0n) is 17.0. The van der Waals surface area contributed by atoms with Crippen LogP contribution in [0.15, 0.2) is 77.7 Å². The number of para-hydroxylation sites is 1. The second-order valence-corrected chi connectivity index (χ2v) is 8.72. The molecule has 3 rings (SSSR count). The predicted octanol–water partition coefficient (Wildman–Crippen LogP) is 4.86. The Hall–Kier alpha value is -3.17. The number of thiocarbonyl (C=S) groups is 1. The van der Waals surface area contributed by atoms with Gasteiger partial charge < -0.3 is 15.4 Å². The first-order chi connectivity index (χ1) is 14.8. The number of benzene rings is 3. The van der Waals surface area contributed by atoms with Gasteiger partial charge in [-0.05, 0) is 73.7 Å². The number of hydrogen-bond acceptors (Lipinski definition) is 4. The smallest absolute Gasteiger partial charge is 0.264 e. The van der Waals surface area contributed by atoms with Crippen LogP contribution in [0.5, 0.6) is 5.75 Å². The normalized spacial score (nSPS) is 10.9. The lowest BCUT2D eigenvalue weighted by molar-refractivity contribution is 0.416. The van der Waals surface area contributed by atoms with Crippen LogP contribution in [-0.4, -0.2) is 27.2 Å².